The highest BCUT2D eigenvalue weighted by molar-refractivity contribution is 8.00. The van der Waals surface area contributed by atoms with Crippen LogP contribution in [0.25, 0.3) is 0 Å². The Bertz CT molecular complexity index is 308. The number of hydrogen-bond donors (Lipinski definition) is 1. The fraction of sp³-hybridized carbons (Fsp3) is 0.818. The van der Waals surface area contributed by atoms with Crippen molar-refractivity contribution in [2.75, 3.05) is 12.8 Å². The maximum absolute atomic E-state index is 11.8. The zero-order valence-corrected chi connectivity index (χ0v) is 10.5. The van der Waals surface area contributed by atoms with Gasteiger partial charge < -0.3 is 5.32 Å². The molecule has 2 saturated heterocycles. The largest absolute Gasteiger partial charge is 0.302 e. The predicted molar refractivity (Wildman–Crippen MR) is 64.3 cm³/mol. The Balaban J connectivity index is 1.90. The quantitative estimate of drug-likeness (QED) is 0.721. The van der Waals surface area contributed by atoms with Gasteiger partial charge in [-0.05, 0) is 12.8 Å². The van der Waals surface area contributed by atoms with Crippen molar-refractivity contribution in [2.24, 2.45) is 0 Å². The predicted octanol–water partition coefficient (Wildman–Crippen LogP) is 0.617. The molecule has 2 aliphatic heterocycles. The second-order valence-electron chi connectivity index (χ2n) is 4.63. The minimum Gasteiger partial charge on any atom is -0.302 e. The summed E-state index contributed by atoms with van der Waals surface area (Å²) < 4.78 is 0. The topological polar surface area (TPSA) is 49.4 Å². The van der Waals surface area contributed by atoms with E-state index >= 15 is 0 Å². The van der Waals surface area contributed by atoms with Gasteiger partial charge >= 0.3 is 0 Å². The van der Waals surface area contributed by atoms with Crippen LogP contribution in [0, 0.1) is 0 Å². The summed E-state index contributed by atoms with van der Waals surface area (Å²) in [6, 6.07) is 0.272. The number of nitrogens with one attached hydrogen (secondary N) is 1. The number of carbonyl (C=O) groups excluding carboxylic acids is 2. The second kappa shape index (κ2) is 4.75. The molecule has 2 heterocycles. The Kier molecular flexibility index (Phi) is 3.54. The number of carbonyl (C=O) groups is 2. The van der Waals surface area contributed by atoms with E-state index in [4.69, 9.17) is 0 Å². The molecule has 0 saturated carbocycles. The van der Waals surface area contributed by atoms with Crippen molar-refractivity contribution in [3.63, 3.8) is 0 Å². The van der Waals surface area contributed by atoms with Crippen LogP contribution in [-0.4, -0.2) is 46.8 Å². The van der Waals surface area contributed by atoms with E-state index in [9.17, 15) is 9.59 Å². The SMILES string of the molecule is CC1CC(NC2CCC(=O)N(C)C2=O)CS1. The van der Waals surface area contributed by atoms with Crippen LogP contribution in [0.5, 0.6) is 0 Å². The van der Waals surface area contributed by atoms with Crippen molar-refractivity contribution >= 4 is 23.6 Å². The van der Waals surface area contributed by atoms with Crippen molar-refractivity contribution < 1.29 is 9.59 Å². The second-order valence-corrected chi connectivity index (χ2v) is 6.10. The van der Waals surface area contributed by atoms with E-state index in [1.54, 1.807) is 7.05 Å². The molecule has 16 heavy (non-hydrogen) atoms. The Labute approximate surface area is 100 Å². The van der Waals surface area contributed by atoms with Crippen molar-refractivity contribution in [3.05, 3.63) is 0 Å². The van der Waals surface area contributed by atoms with Crippen molar-refractivity contribution in [3.8, 4) is 0 Å². The Hall–Kier alpha value is -0.550. The summed E-state index contributed by atoms with van der Waals surface area (Å²) in [6.07, 6.45) is 2.25. The molecular formula is C11H18N2O2S. The molecule has 5 heteroatoms. The third-order valence-electron chi connectivity index (χ3n) is 3.28. The highest BCUT2D eigenvalue weighted by atomic mass is 32.2. The maximum atomic E-state index is 11.8. The van der Waals surface area contributed by atoms with Crippen LogP contribution >= 0.6 is 11.8 Å². The molecule has 0 aromatic heterocycles. The van der Waals surface area contributed by atoms with E-state index in [-0.39, 0.29) is 17.9 Å². The van der Waals surface area contributed by atoms with Crippen LogP contribution < -0.4 is 5.32 Å². The number of hydrogen-bond acceptors (Lipinski definition) is 4. The molecule has 4 nitrogen and oxygen atoms in total. The van der Waals surface area contributed by atoms with Crippen molar-refractivity contribution in [2.45, 2.75) is 43.5 Å². The summed E-state index contributed by atoms with van der Waals surface area (Å²) in [5.41, 5.74) is 0. The minimum atomic E-state index is -0.154. The van der Waals surface area contributed by atoms with E-state index in [0.717, 1.165) is 12.2 Å². The molecule has 2 aliphatic rings. The molecule has 2 amide bonds. The number of likely N-dealkylation sites (N-methyl/N-ethyl adjacent to an activating group) is 1. The fourth-order valence-corrected chi connectivity index (χ4v) is 3.45. The molecule has 1 N–H and O–H groups in total. The van der Waals surface area contributed by atoms with Crippen LogP contribution in [0.2, 0.25) is 0 Å². The Morgan fingerprint density at radius 1 is 1.44 bits per heavy atom. The van der Waals surface area contributed by atoms with Gasteiger partial charge in [-0.3, -0.25) is 14.5 Å². The van der Waals surface area contributed by atoms with E-state index in [1.165, 1.54) is 4.90 Å². The van der Waals surface area contributed by atoms with E-state index in [1.807, 2.05) is 11.8 Å². The van der Waals surface area contributed by atoms with Crippen LogP contribution in [0.3, 0.4) is 0 Å². The lowest BCUT2D eigenvalue weighted by molar-refractivity contribution is -0.148. The molecule has 0 spiro atoms. The molecule has 0 aromatic rings. The highest BCUT2D eigenvalue weighted by Crippen LogP contribution is 2.27. The molecule has 3 unspecified atom stereocenters. The molecule has 0 aromatic carbocycles. The van der Waals surface area contributed by atoms with Crippen LogP contribution in [-0.2, 0) is 9.59 Å². The molecular weight excluding hydrogens is 224 g/mol. The molecule has 0 aliphatic carbocycles. The van der Waals surface area contributed by atoms with Gasteiger partial charge in [0.05, 0.1) is 6.04 Å². The van der Waals surface area contributed by atoms with Gasteiger partial charge in [0.15, 0.2) is 0 Å². The van der Waals surface area contributed by atoms with Crippen LogP contribution in [0.4, 0.5) is 0 Å². The van der Waals surface area contributed by atoms with E-state index in [2.05, 4.69) is 12.2 Å². The number of imide groups is 1. The molecule has 0 bridgehead atoms. The van der Waals surface area contributed by atoms with E-state index in [0.29, 0.717) is 24.1 Å². The lowest BCUT2D eigenvalue weighted by atomic mass is 10.0. The smallest absolute Gasteiger partial charge is 0.246 e. The first kappa shape index (κ1) is 11.9. The Morgan fingerprint density at radius 2 is 2.19 bits per heavy atom. The van der Waals surface area contributed by atoms with Gasteiger partial charge in [-0.25, -0.2) is 0 Å². The van der Waals surface area contributed by atoms with Crippen molar-refractivity contribution in [1.82, 2.24) is 10.2 Å². The lowest BCUT2D eigenvalue weighted by Crippen LogP contribution is -2.54. The minimum absolute atomic E-state index is 0.0581. The standard InChI is InChI=1S/C11H18N2O2S/c1-7-5-8(6-16-7)12-9-3-4-10(14)13(2)11(9)15/h7-9,12H,3-6H2,1-2H3. The first-order valence-corrected chi connectivity index (χ1v) is 6.81. The zero-order valence-electron chi connectivity index (χ0n) is 9.73. The molecule has 2 rings (SSSR count). The summed E-state index contributed by atoms with van der Waals surface area (Å²) in [7, 11) is 1.57. The fourth-order valence-electron chi connectivity index (χ4n) is 2.29. The third kappa shape index (κ3) is 2.40. The monoisotopic (exact) mass is 242 g/mol. The lowest BCUT2D eigenvalue weighted by Gasteiger charge is -2.30. The Morgan fingerprint density at radius 3 is 2.81 bits per heavy atom. The zero-order chi connectivity index (χ0) is 11.7. The number of nitrogens with zero attached hydrogens (tertiary/aromatic N) is 1. The summed E-state index contributed by atoms with van der Waals surface area (Å²) in [5.74, 6) is 0.945. The van der Waals surface area contributed by atoms with Crippen LogP contribution in [0.15, 0.2) is 0 Å². The van der Waals surface area contributed by atoms with Gasteiger partial charge in [0.2, 0.25) is 11.8 Å². The highest BCUT2D eigenvalue weighted by Gasteiger charge is 2.34. The average Bonchev–Trinajstić information content (AvgIpc) is 2.65. The van der Waals surface area contributed by atoms with Gasteiger partial charge in [-0.15, -0.1) is 0 Å². The number of rotatable bonds is 2. The number of piperidine rings is 1. The molecule has 90 valence electrons. The first-order valence-electron chi connectivity index (χ1n) is 5.76. The number of thioether (sulfide) groups is 1. The van der Waals surface area contributed by atoms with Gasteiger partial charge in [0.25, 0.3) is 0 Å². The summed E-state index contributed by atoms with van der Waals surface area (Å²) in [6.45, 7) is 2.21. The van der Waals surface area contributed by atoms with E-state index < -0.39 is 0 Å². The van der Waals surface area contributed by atoms with Gasteiger partial charge in [0, 0.05) is 30.5 Å². The molecule has 2 fully saturated rings. The summed E-state index contributed by atoms with van der Waals surface area (Å²) in [4.78, 5) is 24.4. The third-order valence-corrected chi connectivity index (χ3v) is 4.64. The number of likely N-dealkylation sites (tertiary alicyclic amines) is 1. The first-order chi connectivity index (χ1) is 7.58. The van der Waals surface area contributed by atoms with Crippen LogP contribution in [0.1, 0.15) is 26.2 Å². The molecule has 3 atom stereocenters. The summed E-state index contributed by atoms with van der Waals surface area (Å²) in [5, 5.41) is 4.06. The van der Waals surface area contributed by atoms with Gasteiger partial charge in [0.1, 0.15) is 0 Å². The molecule has 0 radical (unpaired) electrons. The van der Waals surface area contributed by atoms with Gasteiger partial charge in [-0.1, -0.05) is 6.92 Å². The van der Waals surface area contributed by atoms with Crippen molar-refractivity contribution in [1.29, 1.82) is 0 Å². The number of amides is 2. The van der Waals surface area contributed by atoms with Gasteiger partial charge in [-0.2, -0.15) is 11.8 Å². The normalized spacial score (nSPS) is 35.9. The maximum Gasteiger partial charge on any atom is 0.246 e. The average molecular weight is 242 g/mol. The summed E-state index contributed by atoms with van der Waals surface area (Å²) >= 11 is 1.94.